The lowest BCUT2D eigenvalue weighted by Gasteiger charge is -2.36. The van der Waals surface area contributed by atoms with Gasteiger partial charge in [0.15, 0.2) is 0 Å². The van der Waals surface area contributed by atoms with E-state index in [-0.39, 0.29) is 29.2 Å². The Bertz CT molecular complexity index is 1420. The number of methoxy groups -OCH3 is 2. The summed E-state index contributed by atoms with van der Waals surface area (Å²) in [5.41, 5.74) is 3.31. The molecular formula is C27H30FN3O5S. The number of benzene rings is 3. The Kier molecular flexibility index (Phi) is 7.70. The van der Waals surface area contributed by atoms with Gasteiger partial charge in [0.05, 0.1) is 30.4 Å². The lowest BCUT2D eigenvalue weighted by molar-refractivity contribution is 0.102. The Morgan fingerprint density at radius 3 is 2.35 bits per heavy atom. The Balaban J connectivity index is 1.53. The number of anilines is 2. The van der Waals surface area contributed by atoms with E-state index in [1.165, 1.54) is 41.8 Å². The standard InChI is InChI=1S/C27H30FN3O5S/c1-18-6-5-7-25(19(18)2)30-12-14-31(15-13-30)37(33,34)21-9-10-23(28)22(17-21)27(32)29-24-16-20(35-3)8-11-26(24)36-4/h5-11,16-17H,12-15H2,1-4H3,(H,29,32). The van der Waals surface area contributed by atoms with E-state index in [0.717, 1.165) is 17.8 Å². The minimum atomic E-state index is -3.94. The molecule has 1 heterocycles. The van der Waals surface area contributed by atoms with Crippen molar-refractivity contribution >= 4 is 27.3 Å². The van der Waals surface area contributed by atoms with Gasteiger partial charge in [0.2, 0.25) is 10.0 Å². The van der Waals surface area contributed by atoms with Crippen LogP contribution in [0.15, 0.2) is 59.5 Å². The van der Waals surface area contributed by atoms with Crippen LogP contribution in [0.2, 0.25) is 0 Å². The highest BCUT2D eigenvalue weighted by Gasteiger charge is 2.30. The number of sulfonamides is 1. The zero-order valence-electron chi connectivity index (χ0n) is 21.2. The van der Waals surface area contributed by atoms with Crippen molar-refractivity contribution in [3.63, 3.8) is 0 Å². The van der Waals surface area contributed by atoms with Crippen molar-refractivity contribution in [2.24, 2.45) is 0 Å². The van der Waals surface area contributed by atoms with Crippen molar-refractivity contribution < 1.29 is 27.1 Å². The molecule has 0 bridgehead atoms. The molecule has 196 valence electrons. The highest BCUT2D eigenvalue weighted by atomic mass is 32.2. The average molecular weight is 528 g/mol. The molecule has 0 aromatic heterocycles. The summed E-state index contributed by atoms with van der Waals surface area (Å²) in [4.78, 5) is 15.0. The maximum absolute atomic E-state index is 14.7. The first kappa shape index (κ1) is 26.4. The number of carbonyl (C=O) groups excluding carboxylic acids is 1. The predicted molar refractivity (Wildman–Crippen MR) is 141 cm³/mol. The number of rotatable bonds is 7. The van der Waals surface area contributed by atoms with Crippen LogP contribution in [0.5, 0.6) is 11.5 Å². The van der Waals surface area contributed by atoms with Crippen LogP contribution in [0.1, 0.15) is 21.5 Å². The van der Waals surface area contributed by atoms with Crippen LogP contribution in [0.4, 0.5) is 15.8 Å². The molecule has 0 spiro atoms. The van der Waals surface area contributed by atoms with Gasteiger partial charge in [0.25, 0.3) is 5.91 Å². The van der Waals surface area contributed by atoms with Gasteiger partial charge in [-0.05, 0) is 61.4 Å². The summed E-state index contributed by atoms with van der Waals surface area (Å²) < 4.78 is 53.2. The highest BCUT2D eigenvalue weighted by Crippen LogP contribution is 2.30. The highest BCUT2D eigenvalue weighted by molar-refractivity contribution is 7.89. The van der Waals surface area contributed by atoms with Crippen molar-refractivity contribution in [2.45, 2.75) is 18.7 Å². The van der Waals surface area contributed by atoms with Gasteiger partial charge in [-0.2, -0.15) is 4.31 Å². The molecule has 3 aromatic rings. The molecule has 1 N–H and O–H groups in total. The van der Waals surface area contributed by atoms with Crippen LogP contribution >= 0.6 is 0 Å². The van der Waals surface area contributed by atoms with Gasteiger partial charge >= 0.3 is 0 Å². The summed E-state index contributed by atoms with van der Waals surface area (Å²) in [6.45, 7) is 5.69. The normalized spacial score (nSPS) is 14.4. The lowest BCUT2D eigenvalue weighted by Crippen LogP contribution is -2.48. The van der Waals surface area contributed by atoms with Crippen LogP contribution in [0, 0.1) is 19.7 Å². The van der Waals surface area contributed by atoms with Crippen LogP contribution in [-0.2, 0) is 10.0 Å². The molecule has 10 heteroatoms. The SMILES string of the molecule is COc1ccc(OC)c(NC(=O)c2cc(S(=O)(=O)N3CCN(c4cccc(C)c4C)CC3)ccc2F)c1. The molecular weight excluding hydrogens is 497 g/mol. The zero-order chi connectivity index (χ0) is 26.7. The van der Waals surface area contributed by atoms with Crippen molar-refractivity contribution in [2.75, 3.05) is 50.6 Å². The summed E-state index contributed by atoms with van der Waals surface area (Å²) in [7, 11) is -1.03. The Hall–Kier alpha value is -3.63. The first-order valence-electron chi connectivity index (χ1n) is 11.8. The molecule has 4 rings (SSSR count). The summed E-state index contributed by atoms with van der Waals surface area (Å²) >= 11 is 0. The quantitative estimate of drug-likeness (QED) is 0.495. The number of piperazine rings is 1. The van der Waals surface area contributed by atoms with E-state index in [1.807, 2.05) is 25.1 Å². The van der Waals surface area contributed by atoms with E-state index in [0.29, 0.717) is 24.6 Å². The predicted octanol–water partition coefficient (Wildman–Crippen LogP) is 4.22. The summed E-state index contributed by atoms with van der Waals surface area (Å²) in [6.07, 6.45) is 0. The maximum atomic E-state index is 14.7. The molecule has 1 fully saturated rings. The molecule has 0 aliphatic carbocycles. The minimum Gasteiger partial charge on any atom is -0.497 e. The third kappa shape index (κ3) is 5.40. The van der Waals surface area contributed by atoms with E-state index in [2.05, 4.69) is 17.1 Å². The molecule has 3 aromatic carbocycles. The average Bonchev–Trinajstić information content (AvgIpc) is 2.90. The number of carbonyl (C=O) groups is 1. The van der Waals surface area contributed by atoms with Crippen LogP contribution in [0.3, 0.4) is 0 Å². The number of halogens is 1. The maximum Gasteiger partial charge on any atom is 0.258 e. The molecule has 1 aliphatic heterocycles. The van der Waals surface area contributed by atoms with Crippen molar-refractivity contribution in [3.8, 4) is 11.5 Å². The van der Waals surface area contributed by atoms with E-state index < -0.39 is 21.7 Å². The number of aryl methyl sites for hydroxylation is 1. The molecule has 0 unspecified atom stereocenters. The number of ether oxygens (including phenoxy) is 2. The van der Waals surface area contributed by atoms with Crippen molar-refractivity contribution in [3.05, 3.63) is 77.1 Å². The Labute approximate surface area is 216 Å². The van der Waals surface area contributed by atoms with Crippen LogP contribution in [0.25, 0.3) is 0 Å². The molecule has 1 amide bonds. The number of hydrogen-bond donors (Lipinski definition) is 1. The number of hydrogen-bond acceptors (Lipinski definition) is 6. The third-order valence-electron chi connectivity index (χ3n) is 6.63. The summed E-state index contributed by atoms with van der Waals surface area (Å²) in [5, 5.41) is 2.59. The fourth-order valence-electron chi connectivity index (χ4n) is 4.34. The van der Waals surface area contributed by atoms with Gasteiger partial charge in [-0.3, -0.25) is 4.79 Å². The lowest BCUT2D eigenvalue weighted by atomic mass is 10.1. The third-order valence-corrected chi connectivity index (χ3v) is 8.53. The first-order valence-corrected chi connectivity index (χ1v) is 13.2. The molecule has 0 atom stereocenters. The van der Waals surface area contributed by atoms with Gasteiger partial charge in [0, 0.05) is 37.9 Å². The van der Waals surface area contributed by atoms with Crippen molar-refractivity contribution in [1.29, 1.82) is 0 Å². The zero-order valence-corrected chi connectivity index (χ0v) is 22.1. The Morgan fingerprint density at radius 2 is 1.68 bits per heavy atom. The van der Waals surface area contributed by atoms with E-state index in [9.17, 15) is 17.6 Å². The summed E-state index contributed by atoms with van der Waals surface area (Å²) in [6, 6.07) is 14.1. The largest absolute Gasteiger partial charge is 0.497 e. The number of nitrogens with zero attached hydrogens (tertiary/aromatic N) is 2. The number of amides is 1. The van der Waals surface area contributed by atoms with Gasteiger partial charge < -0.3 is 19.7 Å². The van der Waals surface area contributed by atoms with E-state index in [4.69, 9.17) is 9.47 Å². The second kappa shape index (κ2) is 10.8. The van der Waals surface area contributed by atoms with Gasteiger partial charge in [-0.15, -0.1) is 0 Å². The van der Waals surface area contributed by atoms with Crippen LogP contribution < -0.4 is 19.7 Å². The second-order valence-electron chi connectivity index (χ2n) is 8.77. The van der Waals surface area contributed by atoms with Crippen molar-refractivity contribution in [1.82, 2.24) is 4.31 Å². The summed E-state index contributed by atoms with van der Waals surface area (Å²) in [5.74, 6) is -0.827. The molecule has 0 saturated carbocycles. The molecule has 8 nitrogen and oxygen atoms in total. The van der Waals surface area contributed by atoms with E-state index in [1.54, 1.807) is 12.1 Å². The fourth-order valence-corrected chi connectivity index (χ4v) is 5.79. The fraction of sp³-hybridized carbons (Fsp3) is 0.296. The first-order chi connectivity index (χ1) is 17.6. The molecule has 37 heavy (non-hydrogen) atoms. The molecule has 0 radical (unpaired) electrons. The smallest absolute Gasteiger partial charge is 0.258 e. The van der Waals surface area contributed by atoms with E-state index >= 15 is 0 Å². The molecule has 1 aliphatic rings. The minimum absolute atomic E-state index is 0.142. The second-order valence-corrected chi connectivity index (χ2v) is 10.7. The van der Waals surface area contributed by atoms with Gasteiger partial charge in [-0.25, -0.2) is 12.8 Å². The molecule has 1 saturated heterocycles. The number of nitrogens with one attached hydrogen (secondary N) is 1. The topological polar surface area (TPSA) is 88.2 Å². The van der Waals surface area contributed by atoms with Crippen LogP contribution in [-0.4, -0.2) is 59.0 Å². The Morgan fingerprint density at radius 1 is 0.946 bits per heavy atom. The van der Waals surface area contributed by atoms with Gasteiger partial charge in [-0.1, -0.05) is 12.1 Å². The monoisotopic (exact) mass is 527 g/mol. The van der Waals surface area contributed by atoms with Gasteiger partial charge in [0.1, 0.15) is 17.3 Å².